The Morgan fingerprint density at radius 1 is 0.500 bits per heavy atom. The van der Waals surface area contributed by atoms with Crippen LogP contribution in [0.25, 0.3) is 32.6 Å². The van der Waals surface area contributed by atoms with Crippen molar-refractivity contribution in [1.29, 1.82) is 5.41 Å². The molecule has 0 aliphatic carbocycles. The second-order valence-electron chi connectivity index (χ2n) is 28.5. The maximum atomic E-state index is 15.0. The molecule has 13 amide bonds. The van der Waals surface area contributed by atoms with Gasteiger partial charge in [0.05, 0.1) is 25.3 Å². The Morgan fingerprint density at radius 2 is 0.946 bits per heavy atom. The number of primary amides is 1. The van der Waals surface area contributed by atoms with Gasteiger partial charge >= 0.3 is 5.97 Å². The number of H-pyrrole nitrogens is 2. The number of aromatic amines is 2. The molecule has 36 heteroatoms. The van der Waals surface area contributed by atoms with E-state index in [4.69, 9.17) is 22.6 Å². The highest BCUT2D eigenvalue weighted by Crippen LogP contribution is 2.23. The van der Waals surface area contributed by atoms with E-state index in [-0.39, 0.29) is 63.8 Å². The van der Waals surface area contributed by atoms with Gasteiger partial charge in [0, 0.05) is 65.8 Å². The Kier molecular flexibility index (Phi) is 33.2. The minimum absolute atomic E-state index is 0.0128. The van der Waals surface area contributed by atoms with Crippen LogP contribution in [-0.4, -0.2) is 213 Å². The van der Waals surface area contributed by atoms with E-state index in [0.29, 0.717) is 44.9 Å². The van der Waals surface area contributed by atoms with Gasteiger partial charge in [0.1, 0.15) is 66.5 Å². The van der Waals surface area contributed by atoms with Crippen LogP contribution in [0.15, 0.2) is 103 Å². The van der Waals surface area contributed by atoms with Crippen molar-refractivity contribution in [3.63, 3.8) is 0 Å². The number of carboxylic acids is 1. The molecule has 604 valence electrons. The van der Waals surface area contributed by atoms with Crippen molar-refractivity contribution in [2.45, 2.75) is 166 Å². The average Bonchev–Trinajstić information content (AvgIpc) is 1.60. The first kappa shape index (κ1) is 87.6. The lowest BCUT2D eigenvalue weighted by Crippen LogP contribution is -2.62. The summed E-state index contributed by atoms with van der Waals surface area (Å²) in [5, 5.41) is 64.9. The fraction of sp³-hybridized carbons (Fsp3) is 0.461. The number of hydrogen-bond donors (Lipinski definition) is 21. The van der Waals surface area contributed by atoms with Gasteiger partial charge in [-0.05, 0) is 96.0 Å². The summed E-state index contributed by atoms with van der Waals surface area (Å²) in [5.74, 6) is -17.5. The predicted octanol–water partition coefficient (Wildman–Crippen LogP) is -1.66. The first-order chi connectivity index (χ1) is 53.3. The number of fused-ring (bicyclic) bond motifs is 3. The summed E-state index contributed by atoms with van der Waals surface area (Å²) in [5.41, 5.74) is 20.1. The molecule has 0 radical (unpaired) electrons. The molecular weight excluding hydrogens is 1470 g/mol. The molecule has 0 bridgehead atoms. The first-order valence-electron chi connectivity index (χ1n) is 37.0. The second-order valence-corrected chi connectivity index (χ2v) is 29.5. The van der Waals surface area contributed by atoms with Crippen molar-refractivity contribution in [2.24, 2.45) is 35.0 Å². The molecule has 4 aromatic carbocycles. The van der Waals surface area contributed by atoms with Crippen LogP contribution in [-0.2, 0) is 86.4 Å². The Balaban J connectivity index is 1.25. The number of thioether (sulfide) groups is 1. The van der Waals surface area contributed by atoms with Crippen LogP contribution in [0.1, 0.15) is 96.8 Å². The normalized spacial score (nSPS) is 22.9. The third-order valence-corrected chi connectivity index (χ3v) is 19.8. The number of aliphatic hydroxyl groups is 1. The van der Waals surface area contributed by atoms with E-state index in [1.54, 1.807) is 127 Å². The molecule has 6 aromatic rings. The summed E-state index contributed by atoms with van der Waals surface area (Å²) in [6.07, 6.45) is 1.73. The topological polar surface area (TPSA) is 569 Å². The summed E-state index contributed by atoms with van der Waals surface area (Å²) in [7, 11) is 0. The number of aliphatic carboxylic acids is 1. The van der Waals surface area contributed by atoms with Crippen LogP contribution < -0.4 is 86.3 Å². The summed E-state index contributed by atoms with van der Waals surface area (Å²) in [6.45, 7) is 7.84. The minimum atomic E-state index is -1.95. The van der Waals surface area contributed by atoms with Gasteiger partial charge in [0.25, 0.3) is 0 Å². The second kappa shape index (κ2) is 42.5. The van der Waals surface area contributed by atoms with Crippen LogP contribution in [0.2, 0.25) is 0 Å². The highest BCUT2D eigenvalue weighted by molar-refractivity contribution is 8.00. The van der Waals surface area contributed by atoms with Gasteiger partial charge in [0.2, 0.25) is 76.8 Å². The molecule has 24 N–H and O–H groups in total. The minimum Gasteiger partial charge on any atom is -0.481 e. The third-order valence-electron chi connectivity index (χ3n) is 18.8. The molecule has 7 rings (SSSR count). The molecule has 0 unspecified atom stereocenters. The fourth-order valence-electron chi connectivity index (χ4n) is 12.6. The number of aromatic nitrogens is 2. The molecule has 112 heavy (non-hydrogen) atoms. The zero-order chi connectivity index (χ0) is 81.9. The molecule has 35 nitrogen and oxygen atoms in total. The molecule has 1 aliphatic rings. The molecule has 0 spiro atoms. The Labute approximate surface area is 650 Å². The van der Waals surface area contributed by atoms with Crippen LogP contribution in [0.3, 0.4) is 0 Å². The maximum absolute atomic E-state index is 15.0. The first-order valence-corrected chi connectivity index (χ1v) is 38.1. The molecule has 1 fully saturated rings. The molecule has 2 aromatic heterocycles. The van der Waals surface area contributed by atoms with Crippen molar-refractivity contribution < 1.29 is 77.3 Å². The number of hydrogen-bond acceptors (Lipinski definition) is 18. The summed E-state index contributed by atoms with van der Waals surface area (Å²) < 4.78 is 0. The third kappa shape index (κ3) is 26.0. The van der Waals surface area contributed by atoms with E-state index in [0.717, 1.165) is 22.5 Å². The molecule has 1 aliphatic heterocycles. The maximum Gasteiger partial charge on any atom is 0.305 e. The number of carbonyl (C=O) groups is 14. The number of amides is 13. The number of guanidine groups is 1. The van der Waals surface area contributed by atoms with E-state index < -0.39 is 198 Å². The average molecular weight is 1570 g/mol. The highest BCUT2D eigenvalue weighted by atomic mass is 32.2. The monoisotopic (exact) mass is 1570 g/mol. The molecular formula is C76H103N19O16S. The van der Waals surface area contributed by atoms with Gasteiger partial charge in [-0.25, -0.2) is 0 Å². The number of aliphatic hydroxyl groups excluding tert-OH is 1. The van der Waals surface area contributed by atoms with E-state index in [1.807, 2.05) is 18.2 Å². The number of carboxylic acid groups (broad SMARTS) is 1. The Morgan fingerprint density at radius 3 is 1.49 bits per heavy atom. The number of carbonyl (C=O) groups excluding carboxylic acids is 13. The number of para-hydroxylation sites is 2. The van der Waals surface area contributed by atoms with E-state index >= 15 is 0 Å². The SMILES string of the molecule is CC(C)[C@@H]1NC(=O)[C@H](Cc2c[nH]c3ccccc23)NC(=O)[C@H](C(C)C)NC(=O)[C@H](C(C)C)NC(=O)[C@H](Cc2c[nH]c3ccccc23)NC(=O)[C@H](CC(=O)O)NC(=O)[C@H](CCCCN)NC(=O)CNC(=O)[C@H](CO)NC(=O)[C@H](CCCNC(=N)N)NC(=O)[C@H](Cc2ccc3ccccc3c2)NC(=O)CSC[C@@H](C(N)=O)NC1=O. The van der Waals surface area contributed by atoms with Crippen LogP contribution in [0.5, 0.6) is 0 Å². The number of rotatable bonds is 21. The Bertz CT molecular complexity index is 4380. The van der Waals surface area contributed by atoms with Gasteiger partial charge in [0.15, 0.2) is 5.96 Å². The molecule has 11 atom stereocenters. The van der Waals surface area contributed by atoms with Gasteiger partial charge in [-0.3, -0.25) is 72.5 Å². The Hall–Kier alpha value is -11.7. The van der Waals surface area contributed by atoms with Crippen LogP contribution in [0.4, 0.5) is 0 Å². The summed E-state index contributed by atoms with van der Waals surface area (Å²) >= 11 is 0.845. The number of benzene rings is 4. The van der Waals surface area contributed by atoms with Crippen molar-refractivity contribution >= 4 is 133 Å². The highest BCUT2D eigenvalue weighted by Gasteiger charge is 2.39. The predicted molar refractivity (Wildman–Crippen MR) is 418 cm³/mol. The van der Waals surface area contributed by atoms with E-state index in [2.05, 4.69) is 79.1 Å². The van der Waals surface area contributed by atoms with Gasteiger partial charge in [-0.2, -0.15) is 0 Å². The largest absolute Gasteiger partial charge is 0.481 e. The zero-order valence-corrected chi connectivity index (χ0v) is 64.1. The molecule has 3 heterocycles. The van der Waals surface area contributed by atoms with Gasteiger partial charge in [-0.1, -0.05) is 120 Å². The zero-order valence-electron chi connectivity index (χ0n) is 63.3. The van der Waals surface area contributed by atoms with Crippen LogP contribution >= 0.6 is 11.8 Å². The fourth-order valence-corrected chi connectivity index (χ4v) is 13.5. The van der Waals surface area contributed by atoms with Gasteiger partial charge < -0.3 is 107 Å². The quantitative estimate of drug-likeness (QED) is 0.0218. The smallest absolute Gasteiger partial charge is 0.305 e. The number of unbranched alkanes of at least 4 members (excludes halogenated alkanes) is 1. The van der Waals surface area contributed by atoms with E-state index in [9.17, 15) is 77.3 Å². The molecule has 1 saturated heterocycles. The van der Waals surface area contributed by atoms with Crippen molar-refractivity contribution in [2.75, 3.05) is 37.7 Å². The standard InChI is InChI=1S/C76H103N19O16S/c1-39(2)62-74(110)92-58(65(78)101)37-112-38-60(98)86-53(29-42-24-25-43-16-7-8-17-44(43)28-42)69(105)87-52(23-15-27-81-76(79)80)68(104)91-57(36-96)66(102)84-35-59(97)85-51(22-13-14-26-77)67(103)89-56(32-61(99)100)70(106)88-54(30-45-33-82-49-20-11-9-18-47(45)49)71(107)94-64(41(5)6)75(111)95-63(40(3)4)73(109)90-55(72(108)93-62)31-46-34-83-50-21-12-10-19-48(46)50/h7-12,16-21,24-25,28,33-34,39-41,51-58,62-64,82-83,96H,13-15,22-23,26-27,29-32,35-38,77H2,1-6H3,(H2,78,101)(H,84,102)(H,85,97)(H,86,98)(H,87,105)(H,88,106)(H,89,103)(H,90,109)(H,91,104)(H,92,110)(H,93,108)(H,94,107)(H,95,111)(H,99,100)(H4,79,80,81)/t51-,52-,53-,54-,55-,56-,57-,58-,62-,63-,64-/m0/s1. The van der Waals surface area contributed by atoms with Gasteiger partial charge in [-0.15, -0.1) is 11.8 Å². The van der Waals surface area contributed by atoms with Crippen molar-refractivity contribution in [3.05, 3.63) is 120 Å². The number of nitrogens with two attached hydrogens (primary N) is 3. The summed E-state index contributed by atoms with van der Waals surface area (Å²) in [4.78, 5) is 206. The lowest BCUT2D eigenvalue weighted by Gasteiger charge is -2.30. The lowest BCUT2D eigenvalue weighted by atomic mass is 9.97. The van der Waals surface area contributed by atoms with E-state index in [1.165, 1.54) is 0 Å². The molecule has 0 saturated carbocycles. The lowest BCUT2D eigenvalue weighted by molar-refractivity contribution is -0.141. The van der Waals surface area contributed by atoms with Crippen molar-refractivity contribution in [3.8, 4) is 0 Å². The number of nitrogens with one attached hydrogen (secondary N) is 16. The van der Waals surface area contributed by atoms with Crippen molar-refractivity contribution in [1.82, 2.24) is 79.1 Å². The van der Waals surface area contributed by atoms with Crippen LogP contribution in [0, 0.1) is 23.2 Å². The summed E-state index contributed by atoms with van der Waals surface area (Å²) in [6, 6.07) is 9.65.